The minimum Gasteiger partial charge on any atom is -0.484 e. The second-order valence-corrected chi connectivity index (χ2v) is 5.93. The fraction of sp³-hybridized carbons (Fsp3) is 0.600. The van der Waals surface area contributed by atoms with Crippen LogP contribution in [0.1, 0.15) is 27.2 Å². The van der Waals surface area contributed by atoms with Crippen molar-refractivity contribution in [3.8, 4) is 5.75 Å². The Kier molecular flexibility index (Phi) is 4.67. The van der Waals surface area contributed by atoms with Gasteiger partial charge in [0.1, 0.15) is 0 Å². The van der Waals surface area contributed by atoms with Crippen LogP contribution in [-0.2, 0) is 0 Å². The van der Waals surface area contributed by atoms with Crippen LogP contribution in [0.15, 0.2) is 18.2 Å². The van der Waals surface area contributed by atoms with E-state index in [4.69, 9.17) is 10.5 Å². The summed E-state index contributed by atoms with van der Waals surface area (Å²) in [5.74, 6) is 0.798. The molecule has 1 heterocycles. The molecule has 0 aromatic heterocycles. The summed E-state index contributed by atoms with van der Waals surface area (Å²) in [6.45, 7) is 7.55. The van der Waals surface area contributed by atoms with Gasteiger partial charge in [-0.3, -0.25) is 10.1 Å². The number of nitrogens with zero attached hydrogens (tertiary/aromatic N) is 2. The van der Waals surface area contributed by atoms with Gasteiger partial charge in [-0.05, 0) is 39.2 Å². The third-order valence-electron chi connectivity index (χ3n) is 3.84. The lowest BCUT2D eigenvalue weighted by molar-refractivity contribution is -0.386. The topological polar surface area (TPSA) is 81.6 Å². The molecule has 2 N–H and O–H groups in total. The average molecular weight is 293 g/mol. The van der Waals surface area contributed by atoms with E-state index in [1.54, 1.807) is 12.1 Å². The predicted octanol–water partition coefficient (Wildman–Crippen LogP) is 2.56. The van der Waals surface area contributed by atoms with Gasteiger partial charge in [0.25, 0.3) is 0 Å². The van der Waals surface area contributed by atoms with Crippen molar-refractivity contribution in [1.82, 2.24) is 0 Å². The lowest BCUT2D eigenvalue weighted by Gasteiger charge is -2.21. The van der Waals surface area contributed by atoms with Gasteiger partial charge in [0.05, 0.1) is 11.0 Å². The molecule has 0 radical (unpaired) electrons. The molecule has 0 aliphatic carbocycles. The van der Waals surface area contributed by atoms with Gasteiger partial charge in [0.15, 0.2) is 5.75 Å². The normalized spacial score (nSPS) is 19.9. The second-order valence-electron chi connectivity index (χ2n) is 5.93. The molecule has 2 rings (SSSR count). The Balaban J connectivity index is 2.23. The Labute approximate surface area is 125 Å². The molecule has 0 bridgehead atoms. The summed E-state index contributed by atoms with van der Waals surface area (Å²) in [6.07, 6.45) is 0.948. The fourth-order valence-corrected chi connectivity index (χ4v) is 2.65. The molecular weight excluding hydrogens is 270 g/mol. The van der Waals surface area contributed by atoms with Crippen LogP contribution in [0.3, 0.4) is 0 Å². The molecule has 6 nitrogen and oxygen atoms in total. The minimum atomic E-state index is -0.407. The van der Waals surface area contributed by atoms with E-state index in [-0.39, 0.29) is 17.8 Å². The van der Waals surface area contributed by atoms with Gasteiger partial charge < -0.3 is 15.4 Å². The highest BCUT2D eigenvalue weighted by atomic mass is 16.6. The maximum atomic E-state index is 11.1. The van der Waals surface area contributed by atoms with E-state index in [2.05, 4.69) is 4.90 Å². The van der Waals surface area contributed by atoms with E-state index < -0.39 is 4.92 Å². The first-order valence-electron chi connectivity index (χ1n) is 7.34. The smallest absolute Gasteiger partial charge is 0.311 e. The highest BCUT2D eigenvalue weighted by molar-refractivity contribution is 5.59. The van der Waals surface area contributed by atoms with Crippen LogP contribution in [0.4, 0.5) is 11.4 Å². The molecule has 1 aromatic rings. The standard InChI is InChI=1S/C15H23N3O3/c1-10(2)21-15-8-13(4-5-14(15)18(19)20)17-7-6-12(9-17)11(3)16/h4-5,8,10-12H,6-7,9,16H2,1-3H3. The summed E-state index contributed by atoms with van der Waals surface area (Å²) in [6, 6.07) is 5.24. The van der Waals surface area contributed by atoms with Crippen molar-refractivity contribution in [3.63, 3.8) is 0 Å². The monoisotopic (exact) mass is 293 g/mol. The maximum Gasteiger partial charge on any atom is 0.311 e. The number of hydrogen-bond donors (Lipinski definition) is 1. The molecule has 116 valence electrons. The van der Waals surface area contributed by atoms with Gasteiger partial charge in [0, 0.05) is 37.0 Å². The van der Waals surface area contributed by atoms with Crippen LogP contribution >= 0.6 is 0 Å². The Morgan fingerprint density at radius 2 is 2.14 bits per heavy atom. The lowest BCUT2D eigenvalue weighted by atomic mass is 10.0. The van der Waals surface area contributed by atoms with Crippen LogP contribution in [0.25, 0.3) is 0 Å². The Bertz CT molecular complexity index is 517. The molecule has 1 aliphatic rings. The van der Waals surface area contributed by atoms with E-state index in [0.717, 1.165) is 25.2 Å². The van der Waals surface area contributed by atoms with Crippen molar-refractivity contribution < 1.29 is 9.66 Å². The maximum absolute atomic E-state index is 11.1. The van der Waals surface area contributed by atoms with Gasteiger partial charge in [-0.25, -0.2) is 0 Å². The van der Waals surface area contributed by atoms with Crippen LogP contribution in [0.5, 0.6) is 5.75 Å². The molecule has 2 unspecified atom stereocenters. The summed E-state index contributed by atoms with van der Waals surface area (Å²) >= 11 is 0. The van der Waals surface area contributed by atoms with Crippen molar-refractivity contribution in [1.29, 1.82) is 0 Å². The molecule has 1 aliphatic heterocycles. The molecular formula is C15H23N3O3. The predicted molar refractivity (Wildman–Crippen MR) is 82.8 cm³/mol. The van der Waals surface area contributed by atoms with Crippen LogP contribution < -0.4 is 15.4 Å². The molecule has 2 atom stereocenters. The molecule has 6 heteroatoms. The summed E-state index contributed by atoms with van der Waals surface area (Å²) in [7, 11) is 0. The number of benzene rings is 1. The molecule has 21 heavy (non-hydrogen) atoms. The lowest BCUT2D eigenvalue weighted by Crippen LogP contribution is -2.29. The number of nitro groups is 1. The quantitative estimate of drug-likeness (QED) is 0.666. The van der Waals surface area contributed by atoms with Gasteiger partial charge >= 0.3 is 5.69 Å². The van der Waals surface area contributed by atoms with Crippen molar-refractivity contribution in [2.45, 2.75) is 39.3 Å². The first-order valence-corrected chi connectivity index (χ1v) is 7.34. The highest BCUT2D eigenvalue weighted by Crippen LogP contribution is 2.34. The molecule has 0 amide bonds. The first-order chi connectivity index (χ1) is 9.88. The average Bonchev–Trinajstić information content (AvgIpc) is 2.87. The zero-order chi connectivity index (χ0) is 15.6. The van der Waals surface area contributed by atoms with Crippen LogP contribution in [-0.4, -0.2) is 30.2 Å². The SMILES string of the molecule is CC(C)Oc1cc(N2CCC(C(C)N)C2)ccc1[N+](=O)[O-]. The molecule has 1 fully saturated rings. The third-order valence-corrected chi connectivity index (χ3v) is 3.84. The minimum absolute atomic E-state index is 0.00962. The fourth-order valence-electron chi connectivity index (χ4n) is 2.65. The van der Waals surface area contributed by atoms with Crippen molar-refractivity contribution in [2.75, 3.05) is 18.0 Å². The van der Waals surface area contributed by atoms with Gasteiger partial charge in [-0.1, -0.05) is 0 Å². The Morgan fingerprint density at radius 3 is 2.67 bits per heavy atom. The van der Waals surface area contributed by atoms with Gasteiger partial charge in [-0.2, -0.15) is 0 Å². The zero-order valence-electron chi connectivity index (χ0n) is 12.8. The van der Waals surface area contributed by atoms with E-state index in [1.807, 2.05) is 20.8 Å². The first kappa shape index (κ1) is 15.6. The van der Waals surface area contributed by atoms with Gasteiger partial charge in [0.2, 0.25) is 0 Å². The number of ether oxygens (including phenoxy) is 1. The third kappa shape index (κ3) is 3.64. The van der Waals surface area contributed by atoms with Crippen molar-refractivity contribution in [2.24, 2.45) is 11.7 Å². The van der Waals surface area contributed by atoms with Crippen molar-refractivity contribution in [3.05, 3.63) is 28.3 Å². The Hall–Kier alpha value is -1.82. The number of anilines is 1. The molecule has 0 saturated carbocycles. The van der Waals surface area contributed by atoms with E-state index in [9.17, 15) is 10.1 Å². The van der Waals surface area contributed by atoms with E-state index in [0.29, 0.717) is 11.7 Å². The second kappa shape index (κ2) is 6.30. The number of nitro benzene ring substituents is 1. The number of rotatable bonds is 5. The van der Waals surface area contributed by atoms with E-state index >= 15 is 0 Å². The van der Waals surface area contributed by atoms with Gasteiger partial charge in [-0.15, -0.1) is 0 Å². The number of nitrogens with two attached hydrogens (primary N) is 1. The highest BCUT2D eigenvalue weighted by Gasteiger charge is 2.27. The summed E-state index contributed by atoms with van der Waals surface area (Å²) < 4.78 is 5.59. The molecule has 1 saturated heterocycles. The summed E-state index contributed by atoms with van der Waals surface area (Å²) in [5.41, 5.74) is 6.92. The van der Waals surface area contributed by atoms with E-state index in [1.165, 1.54) is 6.07 Å². The Morgan fingerprint density at radius 1 is 1.43 bits per heavy atom. The summed E-state index contributed by atoms with van der Waals surface area (Å²) in [4.78, 5) is 12.9. The zero-order valence-corrected chi connectivity index (χ0v) is 12.8. The molecule has 0 spiro atoms. The summed E-state index contributed by atoms with van der Waals surface area (Å²) in [5, 5.41) is 11.1. The van der Waals surface area contributed by atoms with Crippen LogP contribution in [0, 0.1) is 16.0 Å². The largest absolute Gasteiger partial charge is 0.484 e. The molecule has 1 aromatic carbocycles. The number of hydrogen-bond acceptors (Lipinski definition) is 5. The van der Waals surface area contributed by atoms with Crippen LogP contribution in [0.2, 0.25) is 0 Å². The van der Waals surface area contributed by atoms with Crippen molar-refractivity contribution >= 4 is 11.4 Å².